The topological polar surface area (TPSA) is 83.8 Å². The zero-order chi connectivity index (χ0) is 50.0. The second kappa shape index (κ2) is 17.7. The molecule has 0 saturated carbocycles. The van der Waals surface area contributed by atoms with E-state index in [-0.39, 0.29) is 10.8 Å². The summed E-state index contributed by atoms with van der Waals surface area (Å²) in [5.41, 5.74) is 16.6. The molecule has 4 heterocycles. The Kier molecular flexibility index (Phi) is 10.7. The van der Waals surface area contributed by atoms with Crippen LogP contribution in [0.25, 0.3) is 68.3 Å². The first-order chi connectivity index (χ1) is 36.2. The first-order valence-electron chi connectivity index (χ1n) is 25.1. The van der Waals surface area contributed by atoms with Gasteiger partial charge >= 0.3 is 0 Å². The second-order valence-corrected chi connectivity index (χ2v) is 20.0. The van der Waals surface area contributed by atoms with Crippen LogP contribution in [0.3, 0.4) is 0 Å². The lowest BCUT2D eigenvalue weighted by Crippen LogP contribution is -2.35. The number of fused-ring (bicyclic) bond motifs is 4. The quantitative estimate of drug-likeness (QED) is 0.149. The third kappa shape index (κ3) is 7.62. The smallest absolute Gasteiger partial charge is 0.164 e. The summed E-state index contributed by atoms with van der Waals surface area (Å²) in [5.74, 6) is 3.76. The standard InChI is InChI=1S/C66H50N8/c1-65(2)51-29-17-19-31-55(51)73(49-37-33-47(34-38-49)63-69-59(43-21-9-5-10-22-43)67-60(70-63)44-23-11-6-12-24-44)57-42-58-54(41-53(57)65)66(3,4)52-30-18-20-32-56(52)74(58)50-39-35-48(36-40-50)64-71-61(45-25-13-7-14-26-45)68-62(72-64)46-27-15-8-16-28-46/h5-42H,1-4H3. The van der Waals surface area contributed by atoms with Gasteiger partial charge in [0.2, 0.25) is 0 Å². The fourth-order valence-electron chi connectivity index (χ4n) is 10.8. The van der Waals surface area contributed by atoms with Crippen molar-refractivity contribution in [3.8, 4) is 68.3 Å². The highest BCUT2D eigenvalue weighted by Gasteiger charge is 2.43. The molecule has 0 fully saturated rings. The number of hydrogen-bond donors (Lipinski definition) is 0. The lowest BCUT2D eigenvalue weighted by molar-refractivity contribution is 0.608. The van der Waals surface area contributed by atoms with Gasteiger partial charge in [-0.3, -0.25) is 0 Å². The molecule has 0 unspecified atom stereocenters. The van der Waals surface area contributed by atoms with E-state index in [9.17, 15) is 0 Å². The number of benzene rings is 9. The van der Waals surface area contributed by atoms with E-state index in [1.807, 2.05) is 121 Å². The summed E-state index contributed by atoms with van der Waals surface area (Å²) in [6.45, 7) is 9.45. The molecule has 2 aliphatic rings. The van der Waals surface area contributed by atoms with Crippen molar-refractivity contribution in [2.75, 3.05) is 9.80 Å². The molecule has 9 aromatic carbocycles. The lowest BCUT2D eigenvalue weighted by Gasteiger charge is -2.47. The number of hydrogen-bond acceptors (Lipinski definition) is 8. The molecule has 8 nitrogen and oxygen atoms in total. The summed E-state index contributed by atoms with van der Waals surface area (Å²) in [4.78, 5) is 35.0. The molecule has 13 rings (SSSR count). The summed E-state index contributed by atoms with van der Waals surface area (Å²) in [6, 6.07) is 80.4. The Hall–Kier alpha value is -9.40. The Morgan fingerprint density at radius 3 is 0.797 bits per heavy atom. The zero-order valence-corrected chi connectivity index (χ0v) is 41.5. The Labute approximate surface area is 431 Å². The van der Waals surface area contributed by atoms with Crippen LogP contribution in [0, 0.1) is 0 Å². The zero-order valence-electron chi connectivity index (χ0n) is 41.5. The molecule has 0 amide bonds. The van der Waals surface area contributed by atoms with Crippen molar-refractivity contribution in [1.29, 1.82) is 0 Å². The van der Waals surface area contributed by atoms with Gasteiger partial charge in [0, 0.05) is 55.6 Å². The molecule has 0 spiro atoms. The number of aromatic nitrogens is 6. The summed E-state index contributed by atoms with van der Waals surface area (Å²) in [6.07, 6.45) is 0. The fourth-order valence-corrected chi connectivity index (χ4v) is 10.8. The van der Waals surface area contributed by atoms with Crippen LogP contribution in [0.1, 0.15) is 49.9 Å². The van der Waals surface area contributed by atoms with Crippen molar-refractivity contribution in [2.24, 2.45) is 0 Å². The van der Waals surface area contributed by atoms with Gasteiger partial charge in [0.1, 0.15) is 0 Å². The minimum absolute atomic E-state index is 0.314. The Morgan fingerprint density at radius 1 is 0.243 bits per heavy atom. The molecule has 0 aliphatic carbocycles. The van der Waals surface area contributed by atoms with E-state index in [1.165, 1.54) is 22.3 Å². The van der Waals surface area contributed by atoms with Crippen molar-refractivity contribution < 1.29 is 0 Å². The van der Waals surface area contributed by atoms with Gasteiger partial charge in [-0.15, -0.1) is 0 Å². The van der Waals surface area contributed by atoms with Crippen molar-refractivity contribution in [1.82, 2.24) is 29.9 Å². The molecule has 0 saturated heterocycles. The van der Waals surface area contributed by atoms with E-state index in [4.69, 9.17) is 29.9 Å². The monoisotopic (exact) mass is 954 g/mol. The van der Waals surface area contributed by atoms with Gasteiger partial charge < -0.3 is 9.80 Å². The summed E-state index contributed by atoms with van der Waals surface area (Å²) < 4.78 is 0. The van der Waals surface area contributed by atoms with Gasteiger partial charge in [-0.25, -0.2) is 29.9 Å². The third-order valence-electron chi connectivity index (χ3n) is 14.7. The maximum Gasteiger partial charge on any atom is 0.164 e. The number of para-hydroxylation sites is 2. The van der Waals surface area contributed by atoms with Gasteiger partial charge in [0.05, 0.1) is 22.7 Å². The van der Waals surface area contributed by atoms with Crippen LogP contribution in [0.4, 0.5) is 34.1 Å². The number of anilines is 6. The molecular formula is C66H50N8. The van der Waals surface area contributed by atoms with Crippen LogP contribution in [0.5, 0.6) is 0 Å². The molecule has 0 radical (unpaired) electrons. The number of nitrogens with zero attached hydrogens (tertiary/aromatic N) is 8. The van der Waals surface area contributed by atoms with Gasteiger partial charge in [0.15, 0.2) is 34.9 Å². The van der Waals surface area contributed by atoms with Crippen LogP contribution in [0.2, 0.25) is 0 Å². The first kappa shape index (κ1) is 44.5. The maximum absolute atomic E-state index is 5.05. The highest BCUT2D eigenvalue weighted by molar-refractivity contribution is 5.94. The highest BCUT2D eigenvalue weighted by Crippen LogP contribution is 2.58. The normalized spacial score (nSPS) is 13.8. The van der Waals surface area contributed by atoms with Gasteiger partial charge in [-0.1, -0.05) is 185 Å². The predicted molar refractivity (Wildman–Crippen MR) is 299 cm³/mol. The van der Waals surface area contributed by atoms with E-state index < -0.39 is 0 Å². The molecule has 8 heteroatoms. The molecule has 11 aromatic rings. The van der Waals surface area contributed by atoms with Crippen molar-refractivity contribution in [3.05, 3.63) is 253 Å². The average molecular weight is 955 g/mol. The highest BCUT2D eigenvalue weighted by atomic mass is 15.2. The largest absolute Gasteiger partial charge is 0.310 e. The first-order valence-corrected chi connectivity index (χ1v) is 25.1. The van der Waals surface area contributed by atoms with Gasteiger partial charge in [0.25, 0.3) is 0 Å². The van der Waals surface area contributed by atoms with Crippen LogP contribution in [-0.4, -0.2) is 29.9 Å². The molecule has 74 heavy (non-hydrogen) atoms. The summed E-state index contributed by atoms with van der Waals surface area (Å²) in [5, 5.41) is 0. The van der Waals surface area contributed by atoms with E-state index >= 15 is 0 Å². The molecule has 354 valence electrons. The average Bonchev–Trinajstić information content (AvgIpc) is 3.46. The van der Waals surface area contributed by atoms with E-state index in [0.717, 1.165) is 67.5 Å². The van der Waals surface area contributed by atoms with Crippen LogP contribution in [0.15, 0.2) is 231 Å². The fraction of sp³-hybridized carbons (Fsp3) is 0.0909. The minimum Gasteiger partial charge on any atom is -0.310 e. The molecular weight excluding hydrogens is 905 g/mol. The van der Waals surface area contributed by atoms with Crippen LogP contribution >= 0.6 is 0 Å². The molecule has 2 aromatic heterocycles. The number of rotatable bonds is 8. The molecule has 0 N–H and O–H groups in total. The Balaban J connectivity index is 0.940. The van der Waals surface area contributed by atoms with Crippen LogP contribution < -0.4 is 9.80 Å². The Morgan fingerprint density at radius 2 is 0.500 bits per heavy atom. The van der Waals surface area contributed by atoms with Crippen molar-refractivity contribution in [2.45, 2.75) is 38.5 Å². The van der Waals surface area contributed by atoms with Crippen molar-refractivity contribution >= 4 is 34.1 Å². The minimum atomic E-state index is -0.314. The summed E-state index contributed by atoms with van der Waals surface area (Å²) >= 11 is 0. The SMILES string of the molecule is CC1(C)c2ccccc2N(c2ccc(-c3nc(-c4ccccc4)nc(-c4ccccc4)n3)cc2)c2cc3c(cc21)C(C)(C)c1ccccc1N3c1ccc(-c2nc(-c3ccccc3)nc(-c3ccccc3)n2)cc1. The predicted octanol–water partition coefficient (Wildman–Crippen LogP) is 16.3. The van der Waals surface area contributed by atoms with Crippen molar-refractivity contribution in [3.63, 3.8) is 0 Å². The van der Waals surface area contributed by atoms with Gasteiger partial charge in [-0.05, 0) is 95.1 Å². The molecule has 2 aliphatic heterocycles. The molecule has 0 bridgehead atoms. The molecule has 0 atom stereocenters. The van der Waals surface area contributed by atoms with Crippen LogP contribution in [-0.2, 0) is 10.8 Å². The van der Waals surface area contributed by atoms with E-state index in [0.29, 0.717) is 34.9 Å². The second-order valence-electron chi connectivity index (χ2n) is 20.0. The lowest BCUT2D eigenvalue weighted by atomic mass is 9.68. The van der Waals surface area contributed by atoms with E-state index in [2.05, 4.69) is 147 Å². The maximum atomic E-state index is 5.05. The van der Waals surface area contributed by atoms with E-state index in [1.54, 1.807) is 0 Å². The Bertz CT molecular complexity index is 3510. The third-order valence-corrected chi connectivity index (χ3v) is 14.7. The van der Waals surface area contributed by atoms with Gasteiger partial charge in [-0.2, -0.15) is 0 Å². The summed E-state index contributed by atoms with van der Waals surface area (Å²) in [7, 11) is 0.